The molecule has 4 rings (SSSR count). The molecule has 0 fully saturated rings. The van der Waals surface area contributed by atoms with Gasteiger partial charge in [0.2, 0.25) is 0 Å². The number of amides is 1. The quantitative estimate of drug-likeness (QED) is 0.201. The van der Waals surface area contributed by atoms with Gasteiger partial charge in [0.05, 0.1) is 11.9 Å². The number of benzene rings is 1. The Morgan fingerprint density at radius 2 is 1.79 bits per heavy atom. The lowest BCUT2D eigenvalue weighted by molar-refractivity contribution is -0.0494. The maximum Gasteiger partial charge on any atom is 0.387 e. The summed E-state index contributed by atoms with van der Waals surface area (Å²) in [5, 5.41) is 11.6. The lowest BCUT2D eigenvalue weighted by atomic mass is 10.1. The lowest BCUT2D eigenvalue weighted by Crippen LogP contribution is -2.40. The number of hydrogen-bond acceptors (Lipinski definition) is 6. The monoisotopic (exact) mass is 572 g/mol. The van der Waals surface area contributed by atoms with Crippen molar-refractivity contribution < 1.29 is 18.3 Å². The second kappa shape index (κ2) is 11.5. The number of nitrogens with zero attached hydrogens (tertiary/aromatic N) is 5. The van der Waals surface area contributed by atoms with Gasteiger partial charge in [0.25, 0.3) is 5.91 Å². The van der Waals surface area contributed by atoms with E-state index in [-0.39, 0.29) is 11.3 Å². The second-order valence-corrected chi connectivity index (χ2v) is 19.0. The van der Waals surface area contributed by atoms with E-state index in [0.29, 0.717) is 39.2 Å². The molecule has 1 amide bonds. The van der Waals surface area contributed by atoms with Crippen molar-refractivity contribution in [2.24, 2.45) is 7.05 Å². The molecule has 0 aliphatic heterocycles. The Kier molecular flexibility index (Phi) is 8.45. The zero-order valence-corrected chi connectivity index (χ0v) is 25.0. The van der Waals surface area contributed by atoms with Crippen LogP contribution in [0.25, 0.3) is 16.9 Å². The first-order chi connectivity index (χ1) is 18.4. The van der Waals surface area contributed by atoms with E-state index in [1.165, 1.54) is 15.4 Å². The molecule has 1 aromatic carbocycles. The number of halogens is 2. The van der Waals surface area contributed by atoms with Gasteiger partial charge in [-0.2, -0.15) is 30.2 Å². The van der Waals surface area contributed by atoms with E-state index in [1.54, 1.807) is 37.8 Å². The number of carbonyl (C=O) groups is 1. The third kappa shape index (κ3) is 5.71. The molecule has 0 aliphatic rings. The smallest absolute Gasteiger partial charge is 0.387 e. The first-order valence-corrected chi connectivity index (χ1v) is 16.6. The first-order valence-electron chi connectivity index (χ1n) is 12.9. The van der Waals surface area contributed by atoms with Crippen molar-refractivity contribution >= 4 is 35.7 Å². The minimum atomic E-state index is -3.01. The third-order valence-electron chi connectivity index (χ3n) is 7.02. The molecular weight excluding hydrogens is 538 g/mol. The molecule has 0 radical (unpaired) electrons. The first kappa shape index (κ1) is 28.7. The van der Waals surface area contributed by atoms with Crippen LogP contribution in [-0.4, -0.2) is 44.1 Å². The predicted octanol–water partition coefficient (Wildman–Crippen LogP) is 7.25. The molecule has 3 aromatic heterocycles. The summed E-state index contributed by atoms with van der Waals surface area (Å²) in [6.45, 7) is 10.6. The Morgan fingerprint density at radius 3 is 2.44 bits per heavy atom. The maximum absolute atomic E-state index is 13.4. The Labute approximate surface area is 231 Å². The van der Waals surface area contributed by atoms with Crippen LogP contribution in [0.1, 0.15) is 51.9 Å². The lowest BCUT2D eigenvalue weighted by Gasteiger charge is -2.42. The molecule has 8 nitrogen and oxygen atoms in total. The molecule has 0 aliphatic carbocycles. The molecule has 39 heavy (non-hydrogen) atoms. The van der Waals surface area contributed by atoms with Gasteiger partial charge in [0.15, 0.2) is 5.65 Å². The van der Waals surface area contributed by atoms with Crippen LogP contribution < -0.4 is 10.1 Å². The summed E-state index contributed by atoms with van der Waals surface area (Å²) in [6.07, 6.45) is 6.34. The molecule has 0 atom stereocenters. The van der Waals surface area contributed by atoms with Crippen LogP contribution in [0, 0.1) is 0 Å². The highest BCUT2D eigenvalue weighted by Crippen LogP contribution is 2.53. The van der Waals surface area contributed by atoms with Gasteiger partial charge in [0.1, 0.15) is 24.2 Å². The van der Waals surface area contributed by atoms with Crippen molar-refractivity contribution in [3.63, 3.8) is 0 Å². The van der Waals surface area contributed by atoms with Crippen molar-refractivity contribution in [3.8, 4) is 17.0 Å². The van der Waals surface area contributed by atoms with Crippen molar-refractivity contribution in [2.45, 2.75) is 69.7 Å². The van der Waals surface area contributed by atoms with Crippen molar-refractivity contribution in [1.29, 1.82) is 0 Å². The van der Waals surface area contributed by atoms with Crippen molar-refractivity contribution in [3.05, 3.63) is 54.6 Å². The average molecular weight is 573 g/mol. The number of ether oxygens (including phenoxy) is 1. The van der Waals surface area contributed by atoms with Gasteiger partial charge in [-0.05, 0) is 40.9 Å². The number of carbonyl (C=O) groups excluding carboxylic acids is 1. The summed E-state index contributed by atoms with van der Waals surface area (Å²) < 4.78 is 34.8. The van der Waals surface area contributed by atoms with Gasteiger partial charge in [-0.25, -0.2) is 9.50 Å². The largest absolute Gasteiger partial charge is 0.434 e. The van der Waals surface area contributed by atoms with Gasteiger partial charge in [-0.1, -0.05) is 41.5 Å². The van der Waals surface area contributed by atoms with Crippen molar-refractivity contribution in [2.75, 3.05) is 5.32 Å². The summed E-state index contributed by atoms with van der Waals surface area (Å²) in [7, 11) is -0.218. The predicted molar refractivity (Wildman–Crippen MR) is 153 cm³/mol. The molecular formula is C27H34F2N6O2SSi. The standard InChI is InChI=1S/C27H34F2N6O2SSi/c1-16(2)39(17(3)4,18(5)6)38-19-9-10-23(37-27(28)29)20(13-19)24-22(15-34(7)33-24)32-26(36)21-14-31-35-12-8-11-30-25(21)35/h8-18,27H,1-7H3,(H,32,36). The fraction of sp³-hybridized carbons (Fsp3) is 0.407. The highest BCUT2D eigenvalue weighted by atomic mass is 32.4. The van der Waals surface area contributed by atoms with Gasteiger partial charge < -0.3 is 10.1 Å². The summed E-state index contributed by atoms with van der Waals surface area (Å²) in [5.74, 6) is -0.447. The van der Waals surface area contributed by atoms with Crippen LogP contribution in [0.15, 0.2) is 53.9 Å². The number of rotatable bonds is 10. The summed E-state index contributed by atoms with van der Waals surface area (Å²) in [5.41, 5.74) is 3.23. The number of aryl methyl sites for hydroxylation is 1. The maximum atomic E-state index is 13.4. The average Bonchev–Trinajstić information content (AvgIpc) is 3.45. The van der Waals surface area contributed by atoms with Crippen LogP contribution in [0.5, 0.6) is 5.75 Å². The number of nitrogens with one attached hydrogen (secondary N) is 1. The Morgan fingerprint density at radius 1 is 1.10 bits per heavy atom. The Balaban J connectivity index is 1.77. The fourth-order valence-corrected chi connectivity index (χ4v) is 14.6. The van der Waals surface area contributed by atoms with Crippen LogP contribution in [-0.2, 0) is 7.05 Å². The molecule has 208 valence electrons. The summed E-state index contributed by atoms with van der Waals surface area (Å²) >= 11 is 1.88. The zero-order valence-electron chi connectivity index (χ0n) is 23.1. The summed E-state index contributed by atoms with van der Waals surface area (Å²) in [6, 6.07) is 6.98. The van der Waals surface area contributed by atoms with Gasteiger partial charge in [0, 0.05) is 36.1 Å². The topological polar surface area (TPSA) is 86.3 Å². The molecule has 0 saturated carbocycles. The molecule has 0 saturated heterocycles. The van der Waals surface area contributed by atoms with Gasteiger partial charge >= 0.3 is 6.61 Å². The highest BCUT2D eigenvalue weighted by molar-refractivity contribution is 8.29. The van der Waals surface area contributed by atoms with E-state index in [0.717, 1.165) is 4.90 Å². The van der Waals surface area contributed by atoms with E-state index >= 15 is 0 Å². The van der Waals surface area contributed by atoms with Gasteiger partial charge in [-0.3, -0.25) is 9.48 Å². The number of anilines is 1. The fourth-order valence-electron chi connectivity index (χ4n) is 5.47. The molecule has 1 N–H and O–H groups in total. The van der Waals surface area contributed by atoms with Crippen LogP contribution in [0.4, 0.5) is 14.5 Å². The number of aromatic nitrogens is 5. The highest BCUT2D eigenvalue weighted by Gasteiger charge is 2.44. The Hall–Kier alpha value is -3.25. The van der Waals surface area contributed by atoms with Crippen LogP contribution in [0.2, 0.25) is 16.6 Å². The van der Waals surface area contributed by atoms with Crippen LogP contribution >= 0.6 is 11.2 Å². The molecule has 0 spiro atoms. The molecule has 12 heteroatoms. The van der Waals surface area contributed by atoms with E-state index in [4.69, 9.17) is 4.74 Å². The third-order valence-corrected chi connectivity index (χ3v) is 19.3. The van der Waals surface area contributed by atoms with Gasteiger partial charge in [-0.15, -0.1) is 0 Å². The number of alkyl halides is 2. The Bertz CT molecular complexity index is 1450. The second-order valence-electron chi connectivity index (χ2n) is 10.4. The molecule has 4 aromatic rings. The van der Waals surface area contributed by atoms with E-state index in [1.807, 2.05) is 23.3 Å². The molecule has 0 bridgehead atoms. The molecule has 3 heterocycles. The molecule has 0 unspecified atom stereocenters. The van der Waals surface area contributed by atoms with Crippen molar-refractivity contribution in [1.82, 2.24) is 24.4 Å². The van der Waals surface area contributed by atoms with E-state index in [9.17, 15) is 13.6 Å². The minimum absolute atomic E-state index is 0.00731. The summed E-state index contributed by atoms with van der Waals surface area (Å²) in [4.78, 5) is 18.4. The van der Waals surface area contributed by atoms with E-state index in [2.05, 4.69) is 62.0 Å². The number of hydrogen-bond donors (Lipinski definition) is 1. The minimum Gasteiger partial charge on any atom is -0.434 e. The van der Waals surface area contributed by atoms with E-state index < -0.39 is 19.7 Å². The van der Waals surface area contributed by atoms with Crippen LogP contribution in [0.3, 0.4) is 0 Å². The SMILES string of the molecule is CC(C)[Si](Sc1ccc(OC(F)F)c(-c2nn(C)cc2NC(=O)c2cnn3cccnc23)c1)(C(C)C)C(C)C. The zero-order chi connectivity index (χ0) is 28.5. The number of fused-ring (bicyclic) bond motifs is 1. The normalized spacial score (nSPS) is 12.3.